The van der Waals surface area contributed by atoms with E-state index in [1.54, 1.807) is 22.9 Å². The first-order valence-electron chi connectivity index (χ1n) is 8.31. The Hall–Kier alpha value is -2.90. The predicted octanol–water partition coefficient (Wildman–Crippen LogP) is 1.99. The molecule has 1 fully saturated rings. The highest BCUT2D eigenvalue weighted by atomic mass is 16.5. The van der Waals surface area contributed by atoms with Gasteiger partial charge in [0.1, 0.15) is 11.3 Å². The first-order valence-corrected chi connectivity index (χ1v) is 8.31. The second kappa shape index (κ2) is 6.92. The molecule has 25 heavy (non-hydrogen) atoms. The molecule has 0 unspecified atom stereocenters. The molecule has 1 atom stereocenters. The highest BCUT2D eigenvalue weighted by Crippen LogP contribution is 2.33. The molecular weight excluding hydrogens is 322 g/mol. The van der Waals surface area contributed by atoms with E-state index < -0.39 is 5.91 Å². The van der Waals surface area contributed by atoms with Crippen LogP contribution in [0.2, 0.25) is 0 Å². The van der Waals surface area contributed by atoms with Crippen molar-refractivity contribution in [2.75, 3.05) is 11.1 Å². The molecule has 1 saturated carbocycles. The topological polar surface area (TPSA) is 112 Å². The Labute approximate surface area is 145 Å². The molecule has 8 nitrogen and oxygen atoms in total. The van der Waals surface area contributed by atoms with Gasteiger partial charge in [0.2, 0.25) is 11.8 Å². The summed E-state index contributed by atoms with van der Waals surface area (Å²) in [5.41, 5.74) is 5.72. The zero-order valence-corrected chi connectivity index (χ0v) is 14.2. The minimum atomic E-state index is -0.510. The van der Waals surface area contributed by atoms with E-state index in [1.165, 1.54) is 6.20 Å². The van der Waals surface area contributed by atoms with Crippen molar-refractivity contribution in [3.8, 4) is 5.88 Å². The van der Waals surface area contributed by atoms with Gasteiger partial charge in [0, 0.05) is 18.4 Å². The third-order valence-electron chi connectivity index (χ3n) is 4.07. The zero-order chi connectivity index (χ0) is 18.0. The summed E-state index contributed by atoms with van der Waals surface area (Å²) in [4.78, 5) is 32.9. The van der Waals surface area contributed by atoms with Crippen LogP contribution in [0.25, 0.3) is 0 Å². The maximum Gasteiger partial charge on any atom is 0.274 e. The Morgan fingerprint density at radius 3 is 2.96 bits per heavy atom. The van der Waals surface area contributed by atoms with Gasteiger partial charge in [-0.2, -0.15) is 4.98 Å². The third-order valence-corrected chi connectivity index (χ3v) is 4.07. The van der Waals surface area contributed by atoms with Crippen molar-refractivity contribution < 1.29 is 9.53 Å². The van der Waals surface area contributed by atoms with Crippen LogP contribution in [-0.4, -0.2) is 26.5 Å². The van der Waals surface area contributed by atoms with E-state index >= 15 is 0 Å². The normalized spacial score (nSPS) is 14.8. The van der Waals surface area contributed by atoms with Crippen LogP contribution < -0.4 is 21.3 Å². The van der Waals surface area contributed by atoms with E-state index in [4.69, 9.17) is 10.5 Å². The van der Waals surface area contributed by atoms with Gasteiger partial charge in [0.25, 0.3) is 11.5 Å². The number of hydrogen-bond donors (Lipinski definition) is 2. The average molecular weight is 343 g/mol. The van der Waals surface area contributed by atoms with Crippen molar-refractivity contribution in [2.45, 2.75) is 45.3 Å². The highest BCUT2D eigenvalue weighted by molar-refractivity contribution is 6.05. The van der Waals surface area contributed by atoms with Gasteiger partial charge < -0.3 is 20.4 Å². The lowest BCUT2D eigenvalue weighted by Crippen LogP contribution is -2.26. The lowest BCUT2D eigenvalue weighted by Gasteiger charge is -2.15. The number of hydrogen-bond acceptors (Lipinski definition) is 6. The summed E-state index contributed by atoms with van der Waals surface area (Å²) in [7, 11) is 0. The van der Waals surface area contributed by atoms with Gasteiger partial charge in [-0.15, -0.1) is 0 Å². The smallest absolute Gasteiger partial charge is 0.274 e. The van der Waals surface area contributed by atoms with Gasteiger partial charge >= 0.3 is 0 Å². The van der Waals surface area contributed by atoms with Crippen LogP contribution in [0.3, 0.4) is 0 Å². The van der Waals surface area contributed by atoms with Crippen molar-refractivity contribution in [2.24, 2.45) is 0 Å². The van der Waals surface area contributed by atoms with Crippen molar-refractivity contribution in [3.63, 3.8) is 0 Å². The van der Waals surface area contributed by atoms with Crippen LogP contribution in [0, 0.1) is 0 Å². The highest BCUT2D eigenvalue weighted by Gasteiger charge is 2.25. The van der Waals surface area contributed by atoms with Gasteiger partial charge in [0.05, 0.1) is 6.10 Å². The van der Waals surface area contributed by atoms with E-state index in [-0.39, 0.29) is 40.8 Å². The van der Waals surface area contributed by atoms with Crippen LogP contribution in [0.4, 0.5) is 11.6 Å². The van der Waals surface area contributed by atoms with E-state index in [0.717, 1.165) is 19.3 Å². The third kappa shape index (κ3) is 3.78. The maximum atomic E-state index is 12.6. The molecule has 3 rings (SSSR count). The molecule has 3 N–H and O–H groups in total. The molecule has 0 aromatic carbocycles. The lowest BCUT2D eigenvalue weighted by molar-refractivity contribution is 0.101. The van der Waals surface area contributed by atoms with E-state index in [0.29, 0.717) is 0 Å². The minimum Gasteiger partial charge on any atom is -0.474 e. The summed E-state index contributed by atoms with van der Waals surface area (Å²) >= 11 is 0. The molecule has 132 valence electrons. The predicted molar refractivity (Wildman–Crippen MR) is 93.8 cm³/mol. The Kier molecular flexibility index (Phi) is 4.69. The van der Waals surface area contributed by atoms with Gasteiger partial charge in [0.15, 0.2) is 0 Å². The molecule has 0 spiro atoms. The summed E-state index contributed by atoms with van der Waals surface area (Å²) in [6.45, 7) is 3.82. The van der Waals surface area contributed by atoms with E-state index in [1.807, 2.05) is 13.8 Å². The zero-order valence-electron chi connectivity index (χ0n) is 14.2. The van der Waals surface area contributed by atoms with Crippen LogP contribution in [0.15, 0.2) is 29.3 Å². The average Bonchev–Trinajstić information content (AvgIpc) is 3.41. The first kappa shape index (κ1) is 16.9. The number of aromatic nitrogens is 3. The van der Waals surface area contributed by atoms with Crippen LogP contribution in [0.1, 0.15) is 49.5 Å². The summed E-state index contributed by atoms with van der Waals surface area (Å²) in [6.07, 6.45) is 5.61. The molecule has 0 bridgehead atoms. The Morgan fingerprint density at radius 1 is 1.52 bits per heavy atom. The molecule has 1 amide bonds. The van der Waals surface area contributed by atoms with Crippen LogP contribution in [-0.2, 0) is 0 Å². The SMILES string of the molecule is CC[C@H](C)Oc1nc(N)ncc1C(=O)Nc1cccn(C2CC2)c1=O. The van der Waals surface area contributed by atoms with Gasteiger partial charge in [-0.3, -0.25) is 9.59 Å². The summed E-state index contributed by atoms with van der Waals surface area (Å²) < 4.78 is 7.31. The Morgan fingerprint density at radius 2 is 2.28 bits per heavy atom. The summed E-state index contributed by atoms with van der Waals surface area (Å²) in [5, 5.41) is 2.63. The number of ether oxygens (including phenoxy) is 1. The number of nitrogens with two attached hydrogens (primary N) is 1. The largest absolute Gasteiger partial charge is 0.474 e. The van der Waals surface area contributed by atoms with Crippen molar-refractivity contribution in [3.05, 3.63) is 40.4 Å². The number of amides is 1. The standard InChI is InChI=1S/C17H21N5O3/c1-3-10(2)25-15-12(9-19-17(18)21-15)14(23)20-13-5-4-8-22(16(13)24)11-6-7-11/h4-5,8-11H,3,6-7H2,1-2H3,(H,20,23)(H2,18,19,21)/t10-/m0/s1. The Bertz CT molecular complexity index is 844. The monoisotopic (exact) mass is 343 g/mol. The number of pyridine rings is 1. The number of nitrogen functional groups attached to an aromatic ring is 1. The lowest BCUT2D eigenvalue weighted by atomic mass is 10.2. The molecular formula is C17H21N5O3. The molecule has 2 aromatic rings. The number of anilines is 2. The molecule has 1 aliphatic rings. The van der Waals surface area contributed by atoms with Gasteiger partial charge in [-0.05, 0) is 38.3 Å². The number of carbonyl (C=O) groups excluding carboxylic acids is 1. The number of nitrogens with zero attached hydrogens (tertiary/aromatic N) is 3. The van der Waals surface area contributed by atoms with Crippen molar-refractivity contribution in [1.82, 2.24) is 14.5 Å². The fourth-order valence-electron chi connectivity index (χ4n) is 2.33. The van der Waals surface area contributed by atoms with Gasteiger partial charge in [-0.25, -0.2) is 4.98 Å². The van der Waals surface area contributed by atoms with Crippen molar-refractivity contribution in [1.29, 1.82) is 0 Å². The number of carbonyl (C=O) groups is 1. The number of nitrogens with one attached hydrogen (secondary N) is 1. The Balaban J connectivity index is 1.86. The van der Waals surface area contributed by atoms with Crippen molar-refractivity contribution >= 4 is 17.5 Å². The minimum absolute atomic E-state index is 0.0191. The molecule has 2 heterocycles. The first-order chi connectivity index (χ1) is 12.0. The fraction of sp³-hybridized carbons (Fsp3) is 0.412. The number of rotatable bonds is 6. The van der Waals surface area contributed by atoms with E-state index in [9.17, 15) is 9.59 Å². The molecule has 8 heteroatoms. The molecule has 1 aliphatic carbocycles. The second-order valence-electron chi connectivity index (χ2n) is 6.10. The molecule has 0 saturated heterocycles. The van der Waals surface area contributed by atoms with E-state index in [2.05, 4.69) is 15.3 Å². The quantitative estimate of drug-likeness (QED) is 0.829. The maximum absolute atomic E-state index is 12.6. The second-order valence-corrected chi connectivity index (χ2v) is 6.10. The summed E-state index contributed by atoms with van der Waals surface area (Å²) in [6, 6.07) is 3.55. The van der Waals surface area contributed by atoms with Crippen LogP contribution in [0.5, 0.6) is 5.88 Å². The fourth-order valence-corrected chi connectivity index (χ4v) is 2.33. The molecule has 0 aliphatic heterocycles. The molecule has 0 radical (unpaired) electrons. The van der Waals surface area contributed by atoms with Crippen LogP contribution >= 0.6 is 0 Å². The summed E-state index contributed by atoms with van der Waals surface area (Å²) in [5.74, 6) is -0.382. The molecule has 2 aromatic heterocycles. The van der Waals surface area contributed by atoms with Gasteiger partial charge in [-0.1, -0.05) is 6.92 Å².